The van der Waals surface area contributed by atoms with Gasteiger partial charge in [-0.2, -0.15) is 0 Å². The van der Waals surface area contributed by atoms with Crippen LogP contribution in [-0.4, -0.2) is 46.6 Å². The minimum absolute atomic E-state index is 0.301. The molecule has 0 amide bonds. The van der Waals surface area contributed by atoms with Crippen molar-refractivity contribution in [3.63, 3.8) is 0 Å². The number of oxime groups is 1. The first-order chi connectivity index (χ1) is 14.4. The summed E-state index contributed by atoms with van der Waals surface area (Å²) in [6.07, 6.45) is 3.30. The van der Waals surface area contributed by atoms with Gasteiger partial charge in [-0.15, -0.1) is 0 Å². The Morgan fingerprint density at radius 3 is 2.63 bits per heavy atom. The molecule has 2 atom stereocenters. The summed E-state index contributed by atoms with van der Waals surface area (Å²) in [5.41, 5.74) is 3.77. The van der Waals surface area contributed by atoms with E-state index in [-0.39, 0.29) is 0 Å². The lowest BCUT2D eigenvalue weighted by molar-refractivity contribution is -0.0476. The number of aliphatic hydroxyl groups is 1. The predicted molar refractivity (Wildman–Crippen MR) is 121 cm³/mol. The highest BCUT2D eigenvalue weighted by Gasteiger charge is 2.40. The van der Waals surface area contributed by atoms with Crippen molar-refractivity contribution >= 4 is 17.2 Å². The van der Waals surface area contributed by atoms with Crippen LogP contribution in [0.4, 0.5) is 5.82 Å². The molecule has 0 saturated carbocycles. The molecule has 2 aliphatic rings. The highest BCUT2D eigenvalue weighted by molar-refractivity contribution is 6.05. The average molecular weight is 407 g/mol. The molecule has 0 spiro atoms. The summed E-state index contributed by atoms with van der Waals surface area (Å²) >= 11 is 0. The number of aliphatic hydroxyl groups excluding tert-OH is 1. The number of hydrogen-bond donors (Lipinski definition) is 2. The highest BCUT2D eigenvalue weighted by Crippen LogP contribution is 2.32. The van der Waals surface area contributed by atoms with E-state index in [0.29, 0.717) is 11.8 Å². The number of aromatic nitrogens is 1. The lowest BCUT2D eigenvalue weighted by atomic mass is 9.93. The van der Waals surface area contributed by atoms with Gasteiger partial charge in [-0.05, 0) is 57.4 Å². The van der Waals surface area contributed by atoms with Crippen LogP contribution in [0.3, 0.4) is 0 Å². The van der Waals surface area contributed by atoms with Crippen LogP contribution in [0.2, 0.25) is 0 Å². The van der Waals surface area contributed by atoms with Gasteiger partial charge in [-0.1, -0.05) is 42.1 Å². The van der Waals surface area contributed by atoms with Gasteiger partial charge in [0.1, 0.15) is 17.6 Å². The zero-order valence-corrected chi connectivity index (χ0v) is 17.9. The molecule has 2 aromatic rings. The molecule has 6 heteroatoms. The van der Waals surface area contributed by atoms with Gasteiger partial charge in [0.2, 0.25) is 0 Å². The van der Waals surface area contributed by atoms with Crippen LogP contribution in [0.25, 0.3) is 5.70 Å². The Morgan fingerprint density at radius 2 is 2.03 bits per heavy atom. The third-order valence-corrected chi connectivity index (χ3v) is 5.95. The molecule has 2 N–H and O–H groups in total. The summed E-state index contributed by atoms with van der Waals surface area (Å²) in [7, 11) is 0. The summed E-state index contributed by atoms with van der Waals surface area (Å²) in [5, 5.41) is 18.1. The largest absolute Gasteiger partial charge is 0.386 e. The summed E-state index contributed by atoms with van der Waals surface area (Å²) < 4.78 is 0. The van der Waals surface area contributed by atoms with Crippen LogP contribution in [-0.2, 0) is 4.84 Å². The maximum absolute atomic E-state index is 10.5. The Balaban J connectivity index is 1.63. The van der Waals surface area contributed by atoms with Crippen molar-refractivity contribution < 1.29 is 9.94 Å². The number of pyridine rings is 1. The monoisotopic (exact) mass is 406 g/mol. The molecule has 0 bridgehead atoms. The van der Waals surface area contributed by atoms with Gasteiger partial charge in [-0.25, -0.2) is 4.98 Å². The van der Waals surface area contributed by atoms with Crippen molar-refractivity contribution in [1.82, 2.24) is 10.3 Å². The van der Waals surface area contributed by atoms with Crippen molar-refractivity contribution in [1.29, 1.82) is 0 Å². The number of hydrogen-bond acceptors (Lipinski definition) is 6. The van der Waals surface area contributed by atoms with Crippen LogP contribution >= 0.6 is 0 Å². The first-order valence-electron chi connectivity index (χ1n) is 10.5. The van der Waals surface area contributed by atoms with E-state index < -0.39 is 11.7 Å². The second-order valence-electron chi connectivity index (χ2n) is 8.61. The first-order valence-corrected chi connectivity index (χ1v) is 10.5. The molecule has 1 saturated heterocycles. The van der Waals surface area contributed by atoms with Crippen LogP contribution in [0.1, 0.15) is 43.4 Å². The number of rotatable bonds is 5. The molecule has 1 fully saturated rings. The summed E-state index contributed by atoms with van der Waals surface area (Å²) in [6.45, 7) is 12.1. The Bertz CT molecular complexity index is 946. The molecule has 6 nitrogen and oxygen atoms in total. The highest BCUT2D eigenvalue weighted by atomic mass is 16.7. The average Bonchev–Trinajstić information content (AvgIpc) is 3.03. The van der Waals surface area contributed by atoms with E-state index in [1.807, 2.05) is 50.4 Å². The molecule has 1 aromatic heterocycles. The van der Waals surface area contributed by atoms with Crippen molar-refractivity contribution in [3.05, 3.63) is 65.9 Å². The van der Waals surface area contributed by atoms with Crippen LogP contribution in [0.5, 0.6) is 0 Å². The van der Waals surface area contributed by atoms with Crippen LogP contribution in [0.15, 0.2) is 54.3 Å². The van der Waals surface area contributed by atoms with Crippen molar-refractivity contribution in [2.45, 2.75) is 51.4 Å². The summed E-state index contributed by atoms with van der Waals surface area (Å²) in [4.78, 5) is 12.3. The normalized spacial score (nSPS) is 22.9. The molecule has 158 valence electrons. The van der Waals surface area contributed by atoms with Gasteiger partial charge in [0.15, 0.2) is 5.60 Å². The van der Waals surface area contributed by atoms with E-state index >= 15 is 0 Å². The number of anilines is 1. The third-order valence-electron chi connectivity index (χ3n) is 5.95. The van der Waals surface area contributed by atoms with Gasteiger partial charge in [0.25, 0.3) is 0 Å². The van der Waals surface area contributed by atoms with Crippen molar-refractivity contribution in [2.24, 2.45) is 5.16 Å². The third kappa shape index (κ3) is 3.85. The molecule has 0 radical (unpaired) electrons. The number of benzene rings is 1. The molecule has 1 aromatic carbocycles. The van der Waals surface area contributed by atoms with Gasteiger partial charge in [0, 0.05) is 30.0 Å². The zero-order valence-electron chi connectivity index (χ0n) is 17.9. The fourth-order valence-corrected chi connectivity index (χ4v) is 4.08. The second kappa shape index (κ2) is 8.20. The van der Waals surface area contributed by atoms with Crippen LogP contribution < -0.4 is 10.2 Å². The smallest absolute Gasteiger partial charge is 0.163 e. The topological polar surface area (TPSA) is 70.0 Å². The quantitative estimate of drug-likeness (QED) is 0.795. The molecule has 0 aliphatic carbocycles. The molecular weight excluding hydrogens is 376 g/mol. The molecule has 3 heterocycles. The Kier molecular flexibility index (Phi) is 5.62. The molecule has 2 unspecified atom stereocenters. The molecule has 2 aliphatic heterocycles. The zero-order chi connectivity index (χ0) is 21.3. The van der Waals surface area contributed by atoms with Gasteiger partial charge in [-0.3, -0.25) is 0 Å². The van der Waals surface area contributed by atoms with Gasteiger partial charge < -0.3 is 20.2 Å². The van der Waals surface area contributed by atoms with Gasteiger partial charge >= 0.3 is 0 Å². The Morgan fingerprint density at radius 1 is 1.27 bits per heavy atom. The Labute approximate surface area is 178 Å². The maximum Gasteiger partial charge on any atom is 0.163 e. The van der Waals surface area contributed by atoms with Crippen molar-refractivity contribution in [2.75, 3.05) is 18.0 Å². The minimum atomic E-state index is -0.757. The molecule has 30 heavy (non-hydrogen) atoms. The van der Waals surface area contributed by atoms with Crippen LogP contribution in [0, 0.1) is 6.92 Å². The van der Waals surface area contributed by atoms with Gasteiger partial charge in [0.05, 0.1) is 0 Å². The number of aryl methyl sites for hydroxylation is 1. The fraction of sp³-hybridized carbons (Fsp3) is 0.417. The number of piperidine rings is 1. The number of nitrogens with one attached hydrogen (secondary N) is 1. The second-order valence-corrected chi connectivity index (χ2v) is 8.61. The van der Waals surface area contributed by atoms with E-state index in [0.717, 1.165) is 54.1 Å². The number of nitrogens with zero attached hydrogens (tertiary/aromatic N) is 3. The predicted octanol–water partition coefficient (Wildman–Crippen LogP) is 3.49. The fourth-order valence-electron chi connectivity index (χ4n) is 4.08. The first kappa shape index (κ1) is 20.6. The summed E-state index contributed by atoms with van der Waals surface area (Å²) in [6, 6.07) is 12.3. The van der Waals surface area contributed by atoms with E-state index in [4.69, 9.17) is 4.84 Å². The lowest BCUT2D eigenvalue weighted by Gasteiger charge is -2.37. The van der Waals surface area contributed by atoms with E-state index in [1.54, 1.807) is 0 Å². The van der Waals surface area contributed by atoms with E-state index in [9.17, 15) is 5.11 Å². The SMILES string of the molecule is C=C(c1ccc(C2=NOC(C)(C)C2O)cc1)N(c1ncccc1C)C1CCCNC1. The van der Waals surface area contributed by atoms with E-state index in [1.165, 1.54) is 0 Å². The standard InChI is InChI=1S/C24H30N4O2/c1-16-7-5-14-26-23(16)28(20-8-6-13-25-15-20)17(2)18-9-11-19(12-10-18)21-22(29)24(3,4)30-27-21/h5,7,9-12,14,20,22,25,29H,2,6,8,13,15H2,1,3-4H3. The Hall–Kier alpha value is -2.70. The van der Waals surface area contributed by atoms with E-state index in [2.05, 4.69) is 39.9 Å². The minimum Gasteiger partial charge on any atom is -0.386 e. The lowest BCUT2D eigenvalue weighted by Crippen LogP contribution is -2.45. The molecular formula is C24H30N4O2. The van der Waals surface area contributed by atoms with Crippen molar-refractivity contribution in [3.8, 4) is 0 Å². The molecule has 4 rings (SSSR count). The maximum atomic E-state index is 10.5. The summed E-state index contributed by atoms with van der Waals surface area (Å²) in [5.74, 6) is 0.950.